The maximum atomic E-state index is 13.9. The molecule has 0 saturated heterocycles. The maximum absolute atomic E-state index is 13.9. The van der Waals surface area contributed by atoms with E-state index in [1.807, 2.05) is 0 Å². The van der Waals surface area contributed by atoms with Crippen LogP contribution in [0.25, 0.3) is 0 Å². The fourth-order valence-corrected chi connectivity index (χ4v) is 1.89. The number of carbonyl (C=O) groups is 1. The number of amides is 1. The van der Waals surface area contributed by atoms with Gasteiger partial charge in [0.2, 0.25) is 5.91 Å². The third kappa shape index (κ3) is 3.94. The number of hydrogen-bond acceptors (Lipinski definition) is 4. The standard InChI is InChI=1S/C14H13F4N3O3/c1-23-10-5-8(15)9(6-11(10)24-2)19-13(22)7-21-4-3-12(20-21)14(16,17)18/h3-6H,7H2,1-2H3,(H,19,22). The monoisotopic (exact) mass is 347 g/mol. The van der Waals surface area contributed by atoms with E-state index in [9.17, 15) is 22.4 Å². The van der Waals surface area contributed by atoms with Crippen LogP contribution in [0, 0.1) is 5.82 Å². The molecule has 10 heteroatoms. The third-order valence-electron chi connectivity index (χ3n) is 2.98. The van der Waals surface area contributed by atoms with Crippen LogP contribution in [-0.2, 0) is 17.5 Å². The van der Waals surface area contributed by atoms with Gasteiger partial charge in [0, 0.05) is 18.3 Å². The lowest BCUT2D eigenvalue weighted by molar-refractivity contribution is -0.141. The molecule has 1 aromatic heterocycles. The van der Waals surface area contributed by atoms with Gasteiger partial charge in [0.15, 0.2) is 23.0 Å². The van der Waals surface area contributed by atoms with Crippen molar-refractivity contribution in [2.45, 2.75) is 12.7 Å². The van der Waals surface area contributed by atoms with E-state index in [-0.39, 0.29) is 17.2 Å². The zero-order chi connectivity index (χ0) is 17.9. The van der Waals surface area contributed by atoms with Crippen molar-refractivity contribution in [2.75, 3.05) is 19.5 Å². The summed E-state index contributed by atoms with van der Waals surface area (Å²) >= 11 is 0. The van der Waals surface area contributed by atoms with Crippen LogP contribution in [0.2, 0.25) is 0 Å². The van der Waals surface area contributed by atoms with Gasteiger partial charge in [0.1, 0.15) is 6.54 Å². The number of alkyl halides is 3. The summed E-state index contributed by atoms with van der Waals surface area (Å²) in [6.45, 7) is -0.510. The van der Waals surface area contributed by atoms with Gasteiger partial charge < -0.3 is 14.8 Å². The molecular weight excluding hydrogens is 334 g/mol. The Morgan fingerprint density at radius 1 is 1.25 bits per heavy atom. The smallest absolute Gasteiger partial charge is 0.435 e. The SMILES string of the molecule is COc1cc(F)c(NC(=O)Cn2ccc(C(F)(F)F)n2)cc1OC. The predicted octanol–water partition coefficient (Wildman–Crippen LogP) is 2.70. The lowest BCUT2D eigenvalue weighted by Crippen LogP contribution is -2.20. The maximum Gasteiger partial charge on any atom is 0.435 e. The molecule has 1 aromatic carbocycles. The Morgan fingerprint density at radius 2 is 1.88 bits per heavy atom. The molecule has 0 aliphatic heterocycles. The molecular formula is C14H13F4N3O3. The molecule has 0 radical (unpaired) electrons. The topological polar surface area (TPSA) is 65.4 Å². The molecule has 24 heavy (non-hydrogen) atoms. The third-order valence-corrected chi connectivity index (χ3v) is 2.98. The number of carbonyl (C=O) groups excluding carboxylic acids is 1. The molecule has 0 unspecified atom stereocenters. The Hall–Kier alpha value is -2.78. The quantitative estimate of drug-likeness (QED) is 0.845. The van der Waals surface area contributed by atoms with Crippen molar-refractivity contribution in [2.24, 2.45) is 0 Å². The van der Waals surface area contributed by atoms with Gasteiger partial charge in [-0.05, 0) is 6.07 Å². The number of nitrogens with zero attached hydrogens (tertiary/aromatic N) is 2. The summed E-state index contributed by atoms with van der Waals surface area (Å²) in [5, 5.41) is 5.48. The van der Waals surface area contributed by atoms with Crippen molar-refractivity contribution in [1.29, 1.82) is 0 Å². The average Bonchev–Trinajstić information content (AvgIpc) is 2.97. The molecule has 130 valence electrons. The molecule has 1 heterocycles. The highest BCUT2D eigenvalue weighted by Gasteiger charge is 2.33. The minimum absolute atomic E-state index is 0.134. The number of rotatable bonds is 5. The van der Waals surface area contributed by atoms with Gasteiger partial charge in [-0.2, -0.15) is 18.3 Å². The summed E-state index contributed by atoms with van der Waals surface area (Å²) < 4.78 is 61.9. The van der Waals surface area contributed by atoms with E-state index in [0.29, 0.717) is 0 Å². The number of ether oxygens (including phenoxy) is 2. The zero-order valence-electron chi connectivity index (χ0n) is 12.6. The van der Waals surface area contributed by atoms with E-state index in [4.69, 9.17) is 9.47 Å². The minimum Gasteiger partial charge on any atom is -0.493 e. The van der Waals surface area contributed by atoms with Crippen LogP contribution in [0.5, 0.6) is 11.5 Å². The van der Waals surface area contributed by atoms with Gasteiger partial charge in [0.05, 0.1) is 19.9 Å². The second-order valence-electron chi connectivity index (χ2n) is 4.63. The Balaban J connectivity index is 2.11. The van der Waals surface area contributed by atoms with Crippen molar-refractivity contribution < 1.29 is 31.8 Å². The summed E-state index contributed by atoms with van der Waals surface area (Å²) in [4.78, 5) is 11.9. The molecule has 1 N–H and O–H groups in total. The zero-order valence-corrected chi connectivity index (χ0v) is 12.6. The first-order chi connectivity index (χ1) is 11.2. The lowest BCUT2D eigenvalue weighted by atomic mass is 10.2. The molecule has 2 aromatic rings. The first-order valence-electron chi connectivity index (χ1n) is 6.56. The summed E-state index contributed by atoms with van der Waals surface area (Å²) in [5.41, 5.74) is -1.31. The van der Waals surface area contributed by atoms with Crippen LogP contribution in [0.15, 0.2) is 24.4 Å². The second-order valence-corrected chi connectivity index (χ2v) is 4.63. The highest BCUT2D eigenvalue weighted by molar-refractivity contribution is 5.91. The molecule has 0 atom stereocenters. The first kappa shape index (κ1) is 17.6. The van der Waals surface area contributed by atoms with E-state index >= 15 is 0 Å². The largest absolute Gasteiger partial charge is 0.493 e. The van der Waals surface area contributed by atoms with Crippen LogP contribution >= 0.6 is 0 Å². The van der Waals surface area contributed by atoms with Gasteiger partial charge in [-0.3, -0.25) is 9.48 Å². The van der Waals surface area contributed by atoms with E-state index in [1.165, 1.54) is 20.3 Å². The van der Waals surface area contributed by atoms with E-state index < -0.39 is 30.1 Å². The number of hydrogen-bond donors (Lipinski definition) is 1. The van der Waals surface area contributed by atoms with Gasteiger partial charge >= 0.3 is 6.18 Å². The highest BCUT2D eigenvalue weighted by atomic mass is 19.4. The fourth-order valence-electron chi connectivity index (χ4n) is 1.89. The van der Waals surface area contributed by atoms with Crippen molar-refractivity contribution in [1.82, 2.24) is 9.78 Å². The molecule has 6 nitrogen and oxygen atoms in total. The molecule has 0 bridgehead atoms. The second kappa shape index (κ2) is 6.77. The van der Waals surface area contributed by atoms with E-state index in [1.54, 1.807) is 0 Å². The lowest BCUT2D eigenvalue weighted by Gasteiger charge is -2.12. The van der Waals surface area contributed by atoms with Crippen LogP contribution in [0.1, 0.15) is 5.69 Å². The summed E-state index contributed by atoms with van der Waals surface area (Å²) in [5.74, 6) is -1.21. The Labute approximate surface area is 134 Å². The number of benzene rings is 1. The summed E-state index contributed by atoms with van der Waals surface area (Å²) in [7, 11) is 2.66. The van der Waals surface area contributed by atoms with E-state index in [2.05, 4.69) is 10.4 Å². The normalized spacial score (nSPS) is 11.2. The highest BCUT2D eigenvalue weighted by Crippen LogP contribution is 2.32. The Morgan fingerprint density at radius 3 is 2.42 bits per heavy atom. The molecule has 0 saturated carbocycles. The van der Waals surface area contributed by atoms with Crippen LogP contribution in [0.3, 0.4) is 0 Å². The van der Waals surface area contributed by atoms with Crippen molar-refractivity contribution >= 4 is 11.6 Å². The van der Waals surface area contributed by atoms with Gasteiger partial charge in [-0.1, -0.05) is 0 Å². The van der Waals surface area contributed by atoms with Gasteiger partial charge in [0.25, 0.3) is 0 Å². The summed E-state index contributed by atoms with van der Waals surface area (Å²) in [6.07, 6.45) is -3.59. The van der Waals surface area contributed by atoms with Gasteiger partial charge in [-0.15, -0.1) is 0 Å². The minimum atomic E-state index is -4.60. The Bertz CT molecular complexity index is 743. The number of methoxy groups -OCH3 is 2. The first-order valence-corrected chi connectivity index (χ1v) is 6.56. The Kier molecular flexibility index (Phi) is 4.96. The molecule has 0 aliphatic rings. The fraction of sp³-hybridized carbons (Fsp3) is 0.286. The predicted molar refractivity (Wildman–Crippen MR) is 75.4 cm³/mol. The van der Waals surface area contributed by atoms with Crippen molar-refractivity contribution in [3.8, 4) is 11.5 Å². The number of aromatic nitrogens is 2. The number of nitrogens with one attached hydrogen (secondary N) is 1. The molecule has 2 rings (SSSR count). The molecule has 0 fully saturated rings. The molecule has 0 spiro atoms. The van der Waals surface area contributed by atoms with Gasteiger partial charge in [-0.25, -0.2) is 4.39 Å². The molecule has 1 amide bonds. The number of halogens is 4. The van der Waals surface area contributed by atoms with E-state index in [0.717, 1.165) is 23.0 Å². The number of anilines is 1. The van der Waals surface area contributed by atoms with Crippen molar-refractivity contribution in [3.05, 3.63) is 35.9 Å². The van der Waals surface area contributed by atoms with Crippen LogP contribution in [0.4, 0.5) is 23.2 Å². The van der Waals surface area contributed by atoms with Crippen LogP contribution in [-0.4, -0.2) is 29.9 Å². The van der Waals surface area contributed by atoms with Crippen molar-refractivity contribution in [3.63, 3.8) is 0 Å². The summed E-state index contributed by atoms with van der Waals surface area (Å²) in [6, 6.07) is 2.96. The molecule has 0 aliphatic carbocycles. The average molecular weight is 347 g/mol. The van der Waals surface area contributed by atoms with Crippen LogP contribution < -0.4 is 14.8 Å².